The monoisotopic (exact) mass is 257 g/mol. The van der Waals surface area contributed by atoms with Crippen molar-refractivity contribution in [1.29, 1.82) is 0 Å². The normalized spacial score (nSPS) is 14.8. The zero-order valence-electron chi connectivity index (χ0n) is 8.59. The average molecular weight is 258 g/mol. The topological polar surface area (TPSA) is 37.8 Å². The first-order chi connectivity index (χ1) is 6.93. The summed E-state index contributed by atoms with van der Waals surface area (Å²) in [5, 5.41) is 4.40. The Hall–Kier alpha value is -0.900. The van der Waals surface area contributed by atoms with E-state index in [2.05, 4.69) is 27.4 Å². The van der Waals surface area contributed by atoms with Crippen LogP contribution in [-0.4, -0.2) is 23.1 Å². The third-order valence-corrected chi connectivity index (χ3v) is 2.73. The fourth-order valence-corrected chi connectivity index (χ4v) is 1.73. The molecule has 3 rings (SSSR count). The molecule has 0 bridgehead atoms. The Kier molecular flexibility index (Phi) is 4.47. The van der Waals surface area contributed by atoms with Gasteiger partial charge in [0.15, 0.2) is 5.65 Å². The molecule has 1 fully saturated rings. The Morgan fingerprint density at radius 1 is 1.19 bits per heavy atom. The second-order valence-corrected chi connectivity index (χ2v) is 3.67. The summed E-state index contributed by atoms with van der Waals surface area (Å²) in [5.41, 5.74) is 2.16. The third-order valence-electron chi connectivity index (χ3n) is 2.73. The number of halogens is 2. The zero-order valence-corrected chi connectivity index (χ0v) is 10.2. The van der Waals surface area contributed by atoms with Crippen LogP contribution in [0.3, 0.4) is 0 Å². The molecule has 1 saturated heterocycles. The number of fused-ring (bicyclic) bond motifs is 1. The molecule has 0 aliphatic carbocycles. The van der Waals surface area contributed by atoms with Crippen molar-refractivity contribution in [1.82, 2.24) is 15.3 Å². The standard InChI is InChI=1S/C11H11N3.2ClH/c1-2-8-4-9(10-5-12-6-10)7-14-11(8)13-3-1;;/h1-4,7,10,12H,5-6H2;2*1H. The van der Waals surface area contributed by atoms with Crippen molar-refractivity contribution in [2.45, 2.75) is 5.92 Å². The molecule has 0 aromatic carbocycles. The molecule has 0 amide bonds. The molecule has 0 spiro atoms. The quantitative estimate of drug-likeness (QED) is 0.851. The SMILES string of the molecule is Cl.Cl.c1cnc2ncc(C3CNC3)cc2c1. The highest BCUT2D eigenvalue weighted by Crippen LogP contribution is 2.21. The summed E-state index contributed by atoms with van der Waals surface area (Å²) in [6.07, 6.45) is 3.72. The molecule has 3 heterocycles. The average Bonchev–Trinajstić information content (AvgIpc) is 2.15. The Morgan fingerprint density at radius 2 is 2.00 bits per heavy atom. The van der Waals surface area contributed by atoms with Gasteiger partial charge in [0.1, 0.15) is 0 Å². The Morgan fingerprint density at radius 3 is 2.69 bits per heavy atom. The number of nitrogens with zero attached hydrogens (tertiary/aromatic N) is 2. The van der Waals surface area contributed by atoms with Crippen LogP contribution in [0.15, 0.2) is 30.6 Å². The van der Waals surface area contributed by atoms with Crippen LogP contribution in [0.1, 0.15) is 11.5 Å². The van der Waals surface area contributed by atoms with E-state index in [4.69, 9.17) is 0 Å². The molecule has 3 nitrogen and oxygen atoms in total. The lowest BCUT2D eigenvalue weighted by Gasteiger charge is -2.27. The molecule has 0 unspecified atom stereocenters. The first-order valence-electron chi connectivity index (χ1n) is 4.85. The summed E-state index contributed by atoms with van der Waals surface area (Å²) >= 11 is 0. The van der Waals surface area contributed by atoms with Gasteiger partial charge in [-0.25, -0.2) is 9.97 Å². The van der Waals surface area contributed by atoms with Crippen LogP contribution in [0.5, 0.6) is 0 Å². The summed E-state index contributed by atoms with van der Waals surface area (Å²) in [7, 11) is 0. The molecule has 0 radical (unpaired) electrons. The van der Waals surface area contributed by atoms with Crippen molar-refractivity contribution < 1.29 is 0 Å². The van der Waals surface area contributed by atoms with E-state index in [0.717, 1.165) is 24.1 Å². The summed E-state index contributed by atoms with van der Waals surface area (Å²) in [6.45, 7) is 2.15. The van der Waals surface area contributed by atoms with E-state index in [1.807, 2.05) is 12.3 Å². The van der Waals surface area contributed by atoms with Crippen molar-refractivity contribution in [3.63, 3.8) is 0 Å². The van der Waals surface area contributed by atoms with E-state index in [-0.39, 0.29) is 24.8 Å². The number of hydrogen-bond donors (Lipinski definition) is 1. The van der Waals surface area contributed by atoms with E-state index >= 15 is 0 Å². The number of aromatic nitrogens is 2. The highest BCUT2D eigenvalue weighted by atomic mass is 35.5. The van der Waals surface area contributed by atoms with Gasteiger partial charge in [-0.05, 0) is 23.8 Å². The van der Waals surface area contributed by atoms with Gasteiger partial charge in [0, 0.05) is 36.8 Å². The number of rotatable bonds is 1. The molecular formula is C11H13Cl2N3. The fourth-order valence-electron chi connectivity index (χ4n) is 1.73. The van der Waals surface area contributed by atoms with Crippen LogP contribution >= 0.6 is 24.8 Å². The van der Waals surface area contributed by atoms with Gasteiger partial charge in [0.25, 0.3) is 0 Å². The zero-order chi connectivity index (χ0) is 9.38. The number of hydrogen-bond acceptors (Lipinski definition) is 3. The maximum atomic E-state index is 4.35. The van der Waals surface area contributed by atoms with Crippen LogP contribution in [-0.2, 0) is 0 Å². The molecular weight excluding hydrogens is 245 g/mol. The minimum Gasteiger partial charge on any atom is -0.315 e. The summed E-state index contributed by atoms with van der Waals surface area (Å²) in [6, 6.07) is 6.21. The Bertz CT molecular complexity index is 471. The third kappa shape index (κ3) is 2.26. The van der Waals surface area contributed by atoms with E-state index in [1.165, 1.54) is 5.56 Å². The minimum atomic E-state index is 0. The van der Waals surface area contributed by atoms with Gasteiger partial charge in [-0.15, -0.1) is 24.8 Å². The Balaban J connectivity index is 0.000000640. The van der Waals surface area contributed by atoms with Gasteiger partial charge >= 0.3 is 0 Å². The van der Waals surface area contributed by atoms with Gasteiger partial charge in [0.2, 0.25) is 0 Å². The highest BCUT2D eigenvalue weighted by molar-refractivity contribution is 5.85. The molecule has 1 N–H and O–H groups in total. The molecule has 2 aromatic rings. The van der Waals surface area contributed by atoms with Crippen LogP contribution in [0.4, 0.5) is 0 Å². The second kappa shape index (κ2) is 5.43. The maximum absolute atomic E-state index is 4.35. The minimum absolute atomic E-state index is 0. The van der Waals surface area contributed by atoms with Gasteiger partial charge < -0.3 is 5.32 Å². The van der Waals surface area contributed by atoms with Crippen LogP contribution in [0, 0.1) is 0 Å². The van der Waals surface area contributed by atoms with Gasteiger partial charge in [-0.1, -0.05) is 0 Å². The van der Waals surface area contributed by atoms with Crippen LogP contribution < -0.4 is 5.32 Å². The molecule has 2 aromatic heterocycles. The van der Waals surface area contributed by atoms with Gasteiger partial charge in [0.05, 0.1) is 0 Å². The summed E-state index contributed by atoms with van der Waals surface area (Å²) in [4.78, 5) is 8.54. The molecule has 1 aliphatic heterocycles. The van der Waals surface area contributed by atoms with E-state index in [0.29, 0.717) is 5.92 Å². The molecule has 0 saturated carbocycles. The molecule has 16 heavy (non-hydrogen) atoms. The van der Waals surface area contributed by atoms with Gasteiger partial charge in [-0.2, -0.15) is 0 Å². The van der Waals surface area contributed by atoms with Crippen molar-refractivity contribution in [3.05, 3.63) is 36.2 Å². The smallest absolute Gasteiger partial charge is 0.159 e. The molecule has 1 aliphatic rings. The molecule has 0 atom stereocenters. The lowest BCUT2D eigenvalue weighted by Crippen LogP contribution is -2.39. The number of pyridine rings is 2. The first-order valence-corrected chi connectivity index (χ1v) is 4.85. The predicted molar refractivity (Wildman–Crippen MR) is 69.6 cm³/mol. The number of nitrogens with one attached hydrogen (secondary N) is 1. The maximum Gasteiger partial charge on any atom is 0.159 e. The van der Waals surface area contributed by atoms with E-state index in [9.17, 15) is 0 Å². The fraction of sp³-hybridized carbons (Fsp3) is 0.273. The van der Waals surface area contributed by atoms with Crippen molar-refractivity contribution in [2.24, 2.45) is 0 Å². The second-order valence-electron chi connectivity index (χ2n) is 3.67. The van der Waals surface area contributed by atoms with Gasteiger partial charge in [-0.3, -0.25) is 0 Å². The van der Waals surface area contributed by atoms with E-state index < -0.39 is 0 Å². The highest BCUT2D eigenvalue weighted by Gasteiger charge is 2.19. The van der Waals surface area contributed by atoms with Crippen molar-refractivity contribution >= 4 is 35.8 Å². The van der Waals surface area contributed by atoms with E-state index in [1.54, 1.807) is 6.20 Å². The Labute approximate surface area is 106 Å². The molecule has 5 heteroatoms. The lowest BCUT2D eigenvalue weighted by molar-refractivity contribution is 0.448. The largest absolute Gasteiger partial charge is 0.315 e. The first kappa shape index (κ1) is 13.2. The van der Waals surface area contributed by atoms with Crippen molar-refractivity contribution in [2.75, 3.05) is 13.1 Å². The summed E-state index contributed by atoms with van der Waals surface area (Å²) < 4.78 is 0. The summed E-state index contributed by atoms with van der Waals surface area (Å²) in [5.74, 6) is 0.645. The van der Waals surface area contributed by atoms with Crippen LogP contribution in [0.2, 0.25) is 0 Å². The molecule has 86 valence electrons. The van der Waals surface area contributed by atoms with Crippen molar-refractivity contribution in [3.8, 4) is 0 Å². The lowest BCUT2D eigenvalue weighted by atomic mass is 9.95. The van der Waals surface area contributed by atoms with Crippen LogP contribution in [0.25, 0.3) is 11.0 Å². The predicted octanol–water partition coefficient (Wildman–Crippen LogP) is 2.16.